The Morgan fingerprint density at radius 3 is 2.53 bits per heavy atom. The molecule has 0 bridgehead atoms. The third-order valence-corrected chi connectivity index (χ3v) is 3.20. The highest BCUT2D eigenvalue weighted by atomic mass is 16.2. The Kier molecular flexibility index (Phi) is 6.04. The van der Waals surface area contributed by atoms with Gasteiger partial charge in [-0.25, -0.2) is 0 Å². The largest absolute Gasteiger partial charge is 0.336 e. The number of amides is 1. The van der Waals surface area contributed by atoms with E-state index >= 15 is 0 Å². The Morgan fingerprint density at radius 2 is 2.00 bits per heavy atom. The van der Waals surface area contributed by atoms with Crippen LogP contribution in [-0.2, 0) is 4.79 Å². The predicted octanol–water partition coefficient (Wildman–Crippen LogP) is 2.02. The van der Waals surface area contributed by atoms with Crippen molar-refractivity contribution in [1.29, 1.82) is 5.26 Å². The Balaban J connectivity index is 2.71. The molecule has 0 aliphatic heterocycles. The minimum Gasteiger partial charge on any atom is -0.336 e. The van der Waals surface area contributed by atoms with Crippen LogP contribution < -0.4 is 5.32 Å². The molecule has 1 rings (SSSR count). The van der Waals surface area contributed by atoms with Crippen LogP contribution in [0.2, 0.25) is 0 Å². The van der Waals surface area contributed by atoms with Crippen molar-refractivity contribution < 1.29 is 4.79 Å². The summed E-state index contributed by atoms with van der Waals surface area (Å²) in [4.78, 5) is 13.9. The zero-order valence-electron chi connectivity index (χ0n) is 11.8. The second-order valence-corrected chi connectivity index (χ2v) is 4.45. The molecule has 1 N–H and O–H groups in total. The number of likely N-dealkylation sites (N-methyl/N-ethyl adjacent to an activating group) is 1. The fourth-order valence-corrected chi connectivity index (χ4v) is 1.95. The molecule has 0 unspecified atom stereocenters. The van der Waals surface area contributed by atoms with Gasteiger partial charge in [-0.1, -0.05) is 38.1 Å². The maximum Gasteiger partial charge on any atom is 0.235 e. The molecule has 0 saturated heterocycles. The predicted molar refractivity (Wildman–Crippen MR) is 75.5 cm³/mol. The Bertz CT molecular complexity index is 461. The normalized spacial score (nSPS) is 11.9. The van der Waals surface area contributed by atoms with Gasteiger partial charge in [0.15, 0.2) is 0 Å². The van der Waals surface area contributed by atoms with E-state index < -0.39 is 6.04 Å². The van der Waals surface area contributed by atoms with Crippen molar-refractivity contribution in [3.05, 3.63) is 35.4 Å². The second-order valence-electron chi connectivity index (χ2n) is 4.45. The van der Waals surface area contributed by atoms with E-state index in [-0.39, 0.29) is 5.91 Å². The number of benzene rings is 1. The monoisotopic (exact) mass is 259 g/mol. The maximum absolute atomic E-state index is 11.9. The summed E-state index contributed by atoms with van der Waals surface area (Å²) in [5, 5.41) is 12.0. The van der Waals surface area contributed by atoms with Crippen LogP contribution in [0.25, 0.3) is 0 Å². The average molecular weight is 259 g/mol. The van der Waals surface area contributed by atoms with Gasteiger partial charge in [0, 0.05) is 0 Å². The highest BCUT2D eigenvalue weighted by Gasteiger charge is 2.16. The number of hydrogen-bond acceptors (Lipinski definition) is 3. The molecule has 0 aliphatic rings. The maximum atomic E-state index is 11.9. The molecule has 0 spiro atoms. The molecule has 4 nitrogen and oxygen atoms in total. The lowest BCUT2D eigenvalue weighted by Gasteiger charge is -2.19. The van der Waals surface area contributed by atoms with Crippen molar-refractivity contribution in [3.63, 3.8) is 0 Å². The van der Waals surface area contributed by atoms with E-state index in [1.54, 1.807) is 0 Å². The van der Waals surface area contributed by atoms with E-state index in [0.717, 1.165) is 24.2 Å². The number of nitrogens with one attached hydrogen (secondary N) is 1. The van der Waals surface area contributed by atoms with Crippen molar-refractivity contribution in [2.24, 2.45) is 0 Å². The first-order valence-corrected chi connectivity index (χ1v) is 6.59. The third-order valence-electron chi connectivity index (χ3n) is 3.20. The molecule has 4 heteroatoms. The molecule has 0 saturated carbocycles. The van der Waals surface area contributed by atoms with Gasteiger partial charge in [0.2, 0.25) is 5.91 Å². The van der Waals surface area contributed by atoms with E-state index in [1.807, 2.05) is 49.9 Å². The highest BCUT2D eigenvalue weighted by molar-refractivity contribution is 5.79. The first-order valence-electron chi connectivity index (χ1n) is 6.59. The number of carbonyl (C=O) groups excluding carboxylic acids is 1. The average Bonchev–Trinajstić information content (AvgIpc) is 2.43. The highest BCUT2D eigenvalue weighted by Crippen LogP contribution is 2.16. The van der Waals surface area contributed by atoms with Crippen LogP contribution in [0.1, 0.15) is 31.0 Å². The third kappa shape index (κ3) is 4.38. The van der Waals surface area contributed by atoms with Crippen molar-refractivity contribution >= 4 is 5.91 Å². The lowest BCUT2D eigenvalue weighted by molar-refractivity contribution is -0.122. The van der Waals surface area contributed by atoms with Gasteiger partial charge in [0.25, 0.3) is 0 Å². The topological polar surface area (TPSA) is 56.1 Å². The van der Waals surface area contributed by atoms with E-state index in [2.05, 4.69) is 11.4 Å². The van der Waals surface area contributed by atoms with Crippen LogP contribution in [0.4, 0.5) is 0 Å². The second kappa shape index (κ2) is 7.55. The molecule has 102 valence electrons. The summed E-state index contributed by atoms with van der Waals surface area (Å²) >= 11 is 0. The SMILES string of the molecule is CCN(CC)CC(=O)N[C@H](C#N)c1ccccc1C. The summed E-state index contributed by atoms with van der Waals surface area (Å²) in [7, 11) is 0. The summed E-state index contributed by atoms with van der Waals surface area (Å²) in [6.45, 7) is 7.95. The van der Waals surface area contributed by atoms with Gasteiger partial charge in [-0.3, -0.25) is 9.69 Å². The number of rotatable bonds is 6. The molecule has 1 aromatic rings. The minimum atomic E-state index is -0.579. The first-order chi connectivity index (χ1) is 9.12. The Hall–Kier alpha value is -1.86. The number of aryl methyl sites for hydroxylation is 1. The lowest BCUT2D eigenvalue weighted by atomic mass is 10.0. The van der Waals surface area contributed by atoms with E-state index in [1.165, 1.54) is 0 Å². The number of carbonyl (C=O) groups is 1. The van der Waals surface area contributed by atoms with Gasteiger partial charge in [-0.2, -0.15) is 5.26 Å². The molecule has 1 atom stereocenters. The molecule has 1 amide bonds. The van der Waals surface area contributed by atoms with Crippen LogP contribution in [0, 0.1) is 18.3 Å². The molecule has 0 heterocycles. The van der Waals surface area contributed by atoms with Crippen molar-refractivity contribution in [1.82, 2.24) is 10.2 Å². The van der Waals surface area contributed by atoms with Crippen molar-refractivity contribution in [2.75, 3.05) is 19.6 Å². The molecular formula is C15H21N3O. The zero-order chi connectivity index (χ0) is 14.3. The number of nitrogens with zero attached hydrogens (tertiary/aromatic N) is 2. The number of hydrogen-bond donors (Lipinski definition) is 1. The smallest absolute Gasteiger partial charge is 0.235 e. The fourth-order valence-electron chi connectivity index (χ4n) is 1.95. The van der Waals surface area contributed by atoms with E-state index in [4.69, 9.17) is 0 Å². The first kappa shape index (κ1) is 15.2. The molecule has 0 fully saturated rings. The van der Waals surface area contributed by atoms with E-state index in [0.29, 0.717) is 6.54 Å². The van der Waals surface area contributed by atoms with Crippen LogP contribution in [0.15, 0.2) is 24.3 Å². The summed E-state index contributed by atoms with van der Waals surface area (Å²) in [5.41, 5.74) is 1.87. The summed E-state index contributed by atoms with van der Waals surface area (Å²) < 4.78 is 0. The standard InChI is InChI=1S/C15H21N3O/c1-4-18(5-2)11-15(19)17-14(10-16)13-9-7-6-8-12(13)3/h6-9,14H,4-5,11H2,1-3H3,(H,17,19)/t14-/m1/s1. The Morgan fingerprint density at radius 1 is 1.37 bits per heavy atom. The summed E-state index contributed by atoms with van der Waals surface area (Å²) in [6, 6.07) is 9.19. The molecule has 0 aromatic heterocycles. The summed E-state index contributed by atoms with van der Waals surface area (Å²) in [6.07, 6.45) is 0. The van der Waals surface area contributed by atoms with Crippen molar-refractivity contribution in [2.45, 2.75) is 26.8 Å². The lowest BCUT2D eigenvalue weighted by Crippen LogP contribution is -2.38. The van der Waals surface area contributed by atoms with Gasteiger partial charge in [0.05, 0.1) is 12.6 Å². The van der Waals surface area contributed by atoms with E-state index in [9.17, 15) is 10.1 Å². The number of nitriles is 1. The fraction of sp³-hybridized carbons (Fsp3) is 0.467. The van der Waals surface area contributed by atoms with Gasteiger partial charge in [0.1, 0.15) is 6.04 Å². The van der Waals surface area contributed by atoms with Crippen LogP contribution >= 0.6 is 0 Å². The van der Waals surface area contributed by atoms with Gasteiger partial charge >= 0.3 is 0 Å². The zero-order valence-corrected chi connectivity index (χ0v) is 11.8. The Labute approximate surface area is 115 Å². The van der Waals surface area contributed by atoms with Crippen LogP contribution in [-0.4, -0.2) is 30.4 Å². The molecule has 1 aromatic carbocycles. The summed E-state index contributed by atoms with van der Waals surface area (Å²) in [5.74, 6) is -0.112. The van der Waals surface area contributed by atoms with Gasteiger partial charge in [-0.15, -0.1) is 0 Å². The molecule has 19 heavy (non-hydrogen) atoms. The quantitative estimate of drug-likeness (QED) is 0.850. The molecular weight excluding hydrogens is 238 g/mol. The minimum absolute atomic E-state index is 0.112. The van der Waals surface area contributed by atoms with Crippen LogP contribution in [0.3, 0.4) is 0 Å². The van der Waals surface area contributed by atoms with Gasteiger partial charge < -0.3 is 5.32 Å². The van der Waals surface area contributed by atoms with Crippen molar-refractivity contribution in [3.8, 4) is 6.07 Å². The van der Waals surface area contributed by atoms with Gasteiger partial charge in [-0.05, 0) is 31.1 Å². The van der Waals surface area contributed by atoms with Crippen LogP contribution in [0.5, 0.6) is 0 Å². The molecule has 0 radical (unpaired) electrons. The molecule has 0 aliphatic carbocycles.